The van der Waals surface area contributed by atoms with E-state index in [4.69, 9.17) is 16.3 Å². The highest BCUT2D eigenvalue weighted by Crippen LogP contribution is 2.25. The molecule has 1 amide bonds. The van der Waals surface area contributed by atoms with Gasteiger partial charge in [-0.05, 0) is 49.9 Å². The average Bonchev–Trinajstić information content (AvgIpc) is 2.55. The molecule has 26 heavy (non-hydrogen) atoms. The lowest BCUT2D eigenvalue weighted by atomic mass is 10.0. The topological polar surface area (TPSA) is 55.4 Å². The van der Waals surface area contributed by atoms with Crippen LogP contribution in [0.4, 0.5) is 0 Å². The number of halogens is 1. The molecule has 0 aliphatic carbocycles. The van der Waals surface area contributed by atoms with Gasteiger partial charge in [-0.15, -0.1) is 0 Å². The van der Waals surface area contributed by atoms with Crippen molar-refractivity contribution >= 4 is 23.5 Å². The number of aryl methyl sites for hydroxylation is 3. The van der Waals surface area contributed by atoms with Crippen molar-refractivity contribution in [2.45, 2.75) is 40.7 Å². The van der Waals surface area contributed by atoms with E-state index in [1.165, 1.54) is 0 Å². The number of carbonyl (C=O) groups excluding carboxylic acids is 2. The van der Waals surface area contributed by atoms with Crippen LogP contribution < -0.4 is 10.1 Å². The number of carbonyl (C=O) groups is 2. The predicted octanol–water partition coefficient (Wildman–Crippen LogP) is 4.63. The minimum Gasteiger partial charge on any atom is -0.424 e. The summed E-state index contributed by atoms with van der Waals surface area (Å²) in [6.07, 6.45) is 0. The molecule has 0 saturated heterocycles. The molecular formula is C21H24ClNO3. The Hall–Kier alpha value is -2.33. The van der Waals surface area contributed by atoms with E-state index in [1.54, 1.807) is 24.3 Å². The summed E-state index contributed by atoms with van der Waals surface area (Å²) in [5.74, 6) is -0.489. The minimum atomic E-state index is -0.779. The van der Waals surface area contributed by atoms with Gasteiger partial charge in [-0.2, -0.15) is 0 Å². The Kier molecular flexibility index (Phi) is 6.43. The summed E-state index contributed by atoms with van der Waals surface area (Å²) in [7, 11) is 0. The number of hydrogen-bond donors (Lipinski definition) is 1. The quantitative estimate of drug-likeness (QED) is 0.614. The highest BCUT2D eigenvalue weighted by molar-refractivity contribution is 6.33. The van der Waals surface area contributed by atoms with Crippen molar-refractivity contribution in [3.8, 4) is 5.75 Å². The minimum absolute atomic E-state index is 0.139. The van der Waals surface area contributed by atoms with Gasteiger partial charge in [0.1, 0.15) is 11.8 Å². The zero-order valence-corrected chi connectivity index (χ0v) is 16.5. The number of benzene rings is 2. The van der Waals surface area contributed by atoms with Gasteiger partial charge >= 0.3 is 5.97 Å². The van der Waals surface area contributed by atoms with Gasteiger partial charge in [0.05, 0.1) is 10.6 Å². The summed E-state index contributed by atoms with van der Waals surface area (Å²) in [6.45, 7) is 9.50. The van der Waals surface area contributed by atoms with Crippen molar-refractivity contribution in [2.75, 3.05) is 0 Å². The Bertz CT molecular complexity index is 807. The molecule has 2 aromatic rings. The van der Waals surface area contributed by atoms with Gasteiger partial charge in [0, 0.05) is 0 Å². The van der Waals surface area contributed by atoms with Crippen LogP contribution in [0.2, 0.25) is 5.02 Å². The van der Waals surface area contributed by atoms with Crippen LogP contribution >= 0.6 is 11.6 Å². The van der Waals surface area contributed by atoms with Crippen LogP contribution in [0.3, 0.4) is 0 Å². The van der Waals surface area contributed by atoms with E-state index >= 15 is 0 Å². The van der Waals surface area contributed by atoms with Gasteiger partial charge in [0.25, 0.3) is 5.91 Å². The van der Waals surface area contributed by atoms with Crippen LogP contribution in [0.1, 0.15) is 40.9 Å². The SMILES string of the molecule is Cc1cc(C)c(OC(=O)C(NC(=O)c2ccccc2Cl)C(C)C)c(C)c1. The van der Waals surface area contributed by atoms with Gasteiger partial charge in [-0.3, -0.25) is 4.79 Å². The van der Waals surface area contributed by atoms with Crippen LogP contribution in [0.25, 0.3) is 0 Å². The molecule has 1 unspecified atom stereocenters. The van der Waals surface area contributed by atoms with E-state index in [1.807, 2.05) is 46.8 Å². The monoisotopic (exact) mass is 373 g/mol. The van der Waals surface area contributed by atoms with Gasteiger partial charge < -0.3 is 10.1 Å². The smallest absolute Gasteiger partial charge is 0.334 e. The Morgan fingerprint density at radius 1 is 1.04 bits per heavy atom. The number of ether oxygens (including phenoxy) is 1. The number of esters is 1. The van der Waals surface area contributed by atoms with Gasteiger partial charge in [0.15, 0.2) is 0 Å². The second-order valence-electron chi connectivity index (χ2n) is 6.82. The molecular weight excluding hydrogens is 350 g/mol. The zero-order chi connectivity index (χ0) is 19.4. The summed E-state index contributed by atoms with van der Waals surface area (Å²) in [5.41, 5.74) is 3.20. The summed E-state index contributed by atoms with van der Waals surface area (Å²) < 4.78 is 5.63. The fourth-order valence-electron chi connectivity index (χ4n) is 2.85. The Morgan fingerprint density at radius 2 is 1.62 bits per heavy atom. The van der Waals surface area contributed by atoms with Crippen LogP contribution in [0.15, 0.2) is 36.4 Å². The first-order valence-electron chi connectivity index (χ1n) is 8.55. The van der Waals surface area contributed by atoms with Gasteiger partial charge in [0.2, 0.25) is 0 Å². The molecule has 0 aliphatic heterocycles. The number of rotatable bonds is 5. The Labute approximate surface area is 159 Å². The maximum atomic E-state index is 12.7. The normalized spacial score (nSPS) is 12.0. The summed E-state index contributed by atoms with van der Waals surface area (Å²) >= 11 is 6.07. The second kappa shape index (κ2) is 8.37. The molecule has 0 heterocycles. The third-order valence-corrected chi connectivity index (χ3v) is 4.46. The van der Waals surface area contributed by atoms with Crippen molar-refractivity contribution in [2.24, 2.45) is 5.92 Å². The molecule has 5 heteroatoms. The lowest BCUT2D eigenvalue weighted by molar-refractivity contribution is -0.137. The van der Waals surface area contributed by atoms with E-state index in [-0.39, 0.29) is 5.92 Å². The number of hydrogen-bond acceptors (Lipinski definition) is 3. The van der Waals surface area contributed by atoms with Crippen LogP contribution in [0.5, 0.6) is 5.75 Å². The van der Waals surface area contributed by atoms with Crippen molar-refractivity contribution in [1.29, 1.82) is 0 Å². The van der Waals surface area contributed by atoms with Crippen molar-refractivity contribution in [3.05, 3.63) is 63.7 Å². The zero-order valence-electron chi connectivity index (χ0n) is 15.7. The standard InChI is InChI=1S/C21H24ClNO3/c1-12(2)18(23-20(24)16-8-6-7-9-17(16)22)21(25)26-19-14(4)10-13(3)11-15(19)5/h6-12,18H,1-5H3,(H,23,24). The first-order chi connectivity index (χ1) is 12.2. The van der Waals surface area contributed by atoms with E-state index < -0.39 is 17.9 Å². The second-order valence-corrected chi connectivity index (χ2v) is 7.23. The van der Waals surface area contributed by atoms with Crippen molar-refractivity contribution < 1.29 is 14.3 Å². The largest absolute Gasteiger partial charge is 0.424 e. The lowest BCUT2D eigenvalue weighted by Gasteiger charge is -2.22. The molecule has 0 radical (unpaired) electrons. The average molecular weight is 374 g/mol. The first-order valence-corrected chi connectivity index (χ1v) is 8.93. The first kappa shape index (κ1) is 20.0. The number of nitrogens with one attached hydrogen (secondary N) is 1. The Balaban J connectivity index is 2.21. The number of amides is 1. The molecule has 1 atom stereocenters. The van der Waals surface area contributed by atoms with Crippen LogP contribution in [-0.4, -0.2) is 17.9 Å². The van der Waals surface area contributed by atoms with Gasteiger partial charge in [-0.25, -0.2) is 4.79 Å². The highest BCUT2D eigenvalue weighted by atomic mass is 35.5. The fraction of sp³-hybridized carbons (Fsp3) is 0.333. The van der Waals surface area contributed by atoms with E-state index in [9.17, 15) is 9.59 Å². The third kappa shape index (κ3) is 4.64. The highest BCUT2D eigenvalue weighted by Gasteiger charge is 2.28. The molecule has 138 valence electrons. The fourth-order valence-corrected chi connectivity index (χ4v) is 3.08. The molecule has 1 N–H and O–H groups in total. The molecule has 2 aromatic carbocycles. The molecule has 4 nitrogen and oxygen atoms in total. The maximum absolute atomic E-state index is 12.7. The summed E-state index contributed by atoms with van der Waals surface area (Å²) in [4.78, 5) is 25.2. The third-order valence-electron chi connectivity index (χ3n) is 4.13. The van der Waals surface area contributed by atoms with Crippen molar-refractivity contribution in [1.82, 2.24) is 5.32 Å². The molecule has 0 fully saturated rings. The lowest BCUT2D eigenvalue weighted by Crippen LogP contribution is -2.46. The van der Waals surface area contributed by atoms with E-state index in [0.29, 0.717) is 16.3 Å². The van der Waals surface area contributed by atoms with E-state index in [2.05, 4.69) is 5.32 Å². The molecule has 0 spiro atoms. The molecule has 0 saturated carbocycles. The molecule has 0 aliphatic rings. The molecule has 0 bridgehead atoms. The summed E-state index contributed by atoms with van der Waals surface area (Å²) in [5, 5.41) is 3.08. The Morgan fingerprint density at radius 3 is 2.15 bits per heavy atom. The van der Waals surface area contributed by atoms with Crippen molar-refractivity contribution in [3.63, 3.8) is 0 Å². The van der Waals surface area contributed by atoms with E-state index in [0.717, 1.165) is 16.7 Å². The summed E-state index contributed by atoms with van der Waals surface area (Å²) in [6, 6.07) is 9.87. The van der Waals surface area contributed by atoms with Crippen LogP contribution in [0, 0.1) is 26.7 Å². The molecule has 0 aromatic heterocycles. The maximum Gasteiger partial charge on any atom is 0.334 e. The predicted molar refractivity (Wildman–Crippen MR) is 104 cm³/mol. The van der Waals surface area contributed by atoms with Crippen LogP contribution in [-0.2, 0) is 4.79 Å². The van der Waals surface area contributed by atoms with Gasteiger partial charge in [-0.1, -0.05) is 55.3 Å². The molecule has 2 rings (SSSR count).